The first-order chi connectivity index (χ1) is 11.1. The van der Waals surface area contributed by atoms with Crippen LogP contribution in [0.1, 0.15) is 17.2 Å². The van der Waals surface area contributed by atoms with E-state index in [4.69, 9.17) is 0 Å². The van der Waals surface area contributed by atoms with Crippen molar-refractivity contribution in [2.45, 2.75) is 12.6 Å². The Balaban J connectivity index is 1.82. The van der Waals surface area contributed by atoms with Crippen molar-refractivity contribution in [2.24, 2.45) is 0 Å². The lowest BCUT2D eigenvalue weighted by molar-refractivity contribution is -0.385. The number of nitro groups is 1. The van der Waals surface area contributed by atoms with Crippen LogP contribution in [0.3, 0.4) is 0 Å². The lowest BCUT2D eigenvalue weighted by Crippen LogP contribution is -2.45. The average Bonchev–Trinajstić information content (AvgIpc) is 2.57. The maximum Gasteiger partial charge on any atom is 0.283 e. The van der Waals surface area contributed by atoms with E-state index in [-0.39, 0.29) is 16.7 Å². The molecule has 1 aliphatic heterocycles. The largest absolute Gasteiger partial charge is 0.314 e. The topological polar surface area (TPSA) is 71.3 Å². The van der Waals surface area contributed by atoms with E-state index in [2.05, 4.69) is 37.2 Å². The summed E-state index contributed by atoms with van der Waals surface area (Å²) in [6, 6.07) is 9.55. The van der Waals surface area contributed by atoms with Gasteiger partial charge in [0.1, 0.15) is 0 Å². The number of nitrogens with one attached hydrogen (secondary N) is 1. The predicted octanol–water partition coefficient (Wildman–Crippen LogP) is 2.90. The summed E-state index contributed by atoms with van der Waals surface area (Å²) in [7, 11) is 0. The molecule has 120 valence electrons. The van der Waals surface area contributed by atoms with Gasteiger partial charge in [-0.2, -0.15) is 0 Å². The van der Waals surface area contributed by atoms with E-state index >= 15 is 0 Å². The molecule has 3 rings (SSSR count). The molecular weight excluding hydrogens is 360 g/mol. The highest BCUT2D eigenvalue weighted by Gasteiger charge is 2.24. The van der Waals surface area contributed by atoms with Crippen LogP contribution in [-0.2, 0) is 6.54 Å². The molecule has 1 aliphatic rings. The average molecular weight is 377 g/mol. The van der Waals surface area contributed by atoms with Gasteiger partial charge in [-0.05, 0) is 39.2 Å². The van der Waals surface area contributed by atoms with E-state index in [0.717, 1.165) is 30.8 Å². The number of hydrogen-bond donors (Lipinski definition) is 1. The van der Waals surface area contributed by atoms with Gasteiger partial charge < -0.3 is 5.32 Å². The minimum Gasteiger partial charge on any atom is -0.314 e. The number of piperazine rings is 1. The summed E-state index contributed by atoms with van der Waals surface area (Å²) in [6.45, 7) is 3.33. The fourth-order valence-electron chi connectivity index (χ4n) is 2.87. The molecule has 0 spiro atoms. The second-order valence-electron chi connectivity index (χ2n) is 5.52. The molecule has 7 heteroatoms. The Kier molecular flexibility index (Phi) is 5.00. The molecule has 1 atom stereocenters. The molecular formula is C16H17BrN4O2. The van der Waals surface area contributed by atoms with Crippen molar-refractivity contribution < 1.29 is 4.92 Å². The number of nitrogens with zero attached hydrogens (tertiary/aromatic N) is 3. The standard InChI is InChI=1S/C16H17BrN4O2/c17-14-4-3-12(8-15(14)21(22)23)11-20-7-6-19-10-16(20)13-2-1-5-18-9-13/h1-5,8-9,16,19H,6-7,10-11H2. The van der Waals surface area contributed by atoms with Crippen molar-refractivity contribution in [2.75, 3.05) is 19.6 Å². The van der Waals surface area contributed by atoms with Crippen LogP contribution in [-0.4, -0.2) is 34.4 Å². The Morgan fingerprint density at radius 1 is 1.43 bits per heavy atom. The van der Waals surface area contributed by atoms with Gasteiger partial charge >= 0.3 is 0 Å². The predicted molar refractivity (Wildman–Crippen MR) is 91.1 cm³/mol. The van der Waals surface area contributed by atoms with Crippen molar-refractivity contribution in [3.8, 4) is 0 Å². The maximum atomic E-state index is 11.1. The zero-order valence-electron chi connectivity index (χ0n) is 12.5. The highest BCUT2D eigenvalue weighted by Crippen LogP contribution is 2.28. The number of benzene rings is 1. The Hall–Kier alpha value is -1.83. The molecule has 1 aromatic carbocycles. The van der Waals surface area contributed by atoms with Gasteiger partial charge in [-0.3, -0.25) is 20.0 Å². The summed E-state index contributed by atoms with van der Waals surface area (Å²) in [6.07, 6.45) is 3.65. The molecule has 1 unspecified atom stereocenters. The minimum absolute atomic E-state index is 0.107. The molecule has 23 heavy (non-hydrogen) atoms. The van der Waals surface area contributed by atoms with Crippen molar-refractivity contribution in [3.63, 3.8) is 0 Å². The van der Waals surface area contributed by atoms with Crippen LogP contribution < -0.4 is 5.32 Å². The van der Waals surface area contributed by atoms with Crippen LogP contribution in [0.5, 0.6) is 0 Å². The number of rotatable bonds is 4. The molecule has 0 bridgehead atoms. The quantitative estimate of drug-likeness (QED) is 0.655. The molecule has 1 N–H and O–H groups in total. The third-order valence-electron chi connectivity index (χ3n) is 4.02. The van der Waals surface area contributed by atoms with Crippen LogP contribution in [0.2, 0.25) is 0 Å². The molecule has 6 nitrogen and oxygen atoms in total. The Labute approximate surface area is 142 Å². The van der Waals surface area contributed by atoms with Gasteiger partial charge in [-0.1, -0.05) is 12.1 Å². The molecule has 0 aliphatic carbocycles. The molecule has 1 saturated heterocycles. The summed E-state index contributed by atoms with van der Waals surface area (Å²) >= 11 is 3.23. The molecule has 2 aromatic rings. The second kappa shape index (κ2) is 7.16. The van der Waals surface area contributed by atoms with Gasteiger partial charge in [0, 0.05) is 50.7 Å². The Bertz CT molecular complexity index is 696. The first kappa shape index (κ1) is 16.0. The summed E-state index contributed by atoms with van der Waals surface area (Å²) in [5.41, 5.74) is 2.21. The zero-order chi connectivity index (χ0) is 16.2. The SMILES string of the molecule is O=[N+]([O-])c1cc(CN2CCNCC2c2cccnc2)ccc1Br. The first-order valence-corrected chi connectivity index (χ1v) is 8.22. The number of nitro benzene ring substituents is 1. The van der Waals surface area contributed by atoms with E-state index in [1.807, 2.05) is 18.3 Å². The smallest absolute Gasteiger partial charge is 0.283 e. The number of aromatic nitrogens is 1. The summed E-state index contributed by atoms with van der Waals surface area (Å²) in [5, 5.41) is 14.5. The van der Waals surface area contributed by atoms with Crippen molar-refractivity contribution >= 4 is 21.6 Å². The monoisotopic (exact) mass is 376 g/mol. The first-order valence-electron chi connectivity index (χ1n) is 7.42. The van der Waals surface area contributed by atoms with Crippen molar-refractivity contribution in [1.29, 1.82) is 0 Å². The van der Waals surface area contributed by atoms with Gasteiger partial charge in [0.15, 0.2) is 0 Å². The van der Waals surface area contributed by atoms with Crippen LogP contribution in [0.15, 0.2) is 47.2 Å². The van der Waals surface area contributed by atoms with E-state index in [1.54, 1.807) is 18.3 Å². The molecule has 1 fully saturated rings. The van der Waals surface area contributed by atoms with Crippen LogP contribution >= 0.6 is 15.9 Å². The van der Waals surface area contributed by atoms with Crippen LogP contribution in [0.25, 0.3) is 0 Å². The summed E-state index contributed by atoms with van der Waals surface area (Å²) < 4.78 is 0.510. The number of halogens is 1. The van der Waals surface area contributed by atoms with E-state index in [0.29, 0.717) is 11.0 Å². The van der Waals surface area contributed by atoms with Gasteiger partial charge in [0.2, 0.25) is 0 Å². The Morgan fingerprint density at radius 3 is 3.04 bits per heavy atom. The third kappa shape index (κ3) is 3.74. The molecule has 0 saturated carbocycles. The molecule has 1 aromatic heterocycles. The van der Waals surface area contributed by atoms with Crippen molar-refractivity contribution in [3.05, 3.63) is 68.4 Å². The van der Waals surface area contributed by atoms with Gasteiger partial charge in [0.25, 0.3) is 5.69 Å². The van der Waals surface area contributed by atoms with E-state index in [9.17, 15) is 10.1 Å². The fraction of sp³-hybridized carbons (Fsp3) is 0.312. The van der Waals surface area contributed by atoms with Crippen LogP contribution in [0.4, 0.5) is 5.69 Å². The van der Waals surface area contributed by atoms with E-state index in [1.165, 1.54) is 0 Å². The zero-order valence-corrected chi connectivity index (χ0v) is 14.1. The van der Waals surface area contributed by atoms with E-state index < -0.39 is 0 Å². The summed E-state index contributed by atoms with van der Waals surface area (Å²) in [5.74, 6) is 0. The highest BCUT2D eigenvalue weighted by atomic mass is 79.9. The van der Waals surface area contributed by atoms with Gasteiger partial charge in [0.05, 0.1) is 9.40 Å². The normalized spacial score (nSPS) is 18.7. The molecule has 2 heterocycles. The molecule has 0 amide bonds. The van der Waals surface area contributed by atoms with Gasteiger partial charge in [-0.15, -0.1) is 0 Å². The fourth-order valence-corrected chi connectivity index (χ4v) is 3.26. The van der Waals surface area contributed by atoms with Gasteiger partial charge in [-0.25, -0.2) is 0 Å². The van der Waals surface area contributed by atoms with Crippen molar-refractivity contribution in [1.82, 2.24) is 15.2 Å². The minimum atomic E-state index is -0.357. The lowest BCUT2D eigenvalue weighted by atomic mass is 10.0. The second-order valence-corrected chi connectivity index (χ2v) is 6.37. The lowest BCUT2D eigenvalue weighted by Gasteiger charge is -2.36. The molecule has 0 radical (unpaired) electrons. The maximum absolute atomic E-state index is 11.1. The number of hydrogen-bond acceptors (Lipinski definition) is 5. The highest BCUT2D eigenvalue weighted by molar-refractivity contribution is 9.10. The van der Waals surface area contributed by atoms with Crippen LogP contribution in [0, 0.1) is 10.1 Å². The Morgan fingerprint density at radius 2 is 2.30 bits per heavy atom. The summed E-state index contributed by atoms with van der Waals surface area (Å²) in [4.78, 5) is 17.3. The third-order valence-corrected chi connectivity index (χ3v) is 4.69. The number of pyridine rings is 1.